The zero-order chi connectivity index (χ0) is 18.9. The Morgan fingerprint density at radius 2 is 1.52 bits per heavy atom. The molecule has 3 rings (SSSR count). The smallest absolute Gasteiger partial charge is 0.226 e. The Morgan fingerprint density at radius 1 is 0.889 bits per heavy atom. The number of hydrogen-bond acceptors (Lipinski definition) is 3. The Kier molecular flexibility index (Phi) is 6.21. The van der Waals surface area contributed by atoms with Gasteiger partial charge in [0.1, 0.15) is 0 Å². The molecule has 1 amide bonds. The molecule has 0 saturated heterocycles. The first-order valence-electron chi connectivity index (χ1n) is 8.88. The van der Waals surface area contributed by atoms with E-state index in [0.29, 0.717) is 24.2 Å². The lowest BCUT2D eigenvalue weighted by Gasteiger charge is -2.25. The number of nitrogens with zero attached hydrogens (tertiary/aromatic N) is 2. The molecule has 0 unspecified atom stereocenters. The van der Waals surface area contributed by atoms with Gasteiger partial charge in [0.05, 0.1) is 11.6 Å². The molecule has 0 aliphatic carbocycles. The molecule has 134 valence electrons. The van der Waals surface area contributed by atoms with E-state index in [1.165, 1.54) is 5.56 Å². The highest BCUT2D eigenvalue weighted by molar-refractivity contribution is 5.91. The Hall–Kier alpha value is -3.58. The van der Waals surface area contributed by atoms with Crippen molar-refractivity contribution in [1.82, 2.24) is 0 Å². The normalized spacial score (nSPS) is 10.0. The van der Waals surface area contributed by atoms with Crippen LogP contribution < -0.4 is 10.2 Å². The minimum atomic E-state index is -0.0475. The molecule has 1 N–H and O–H groups in total. The highest BCUT2D eigenvalue weighted by atomic mass is 16.1. The maximum absolute atomic E-state index is 12.4. The predicted molar refractivity (Wildman–Crippen MR) is 108 cm³/mol. The van der Waals surface area contributed by atoms with Gasteiger partial charge in [0, 0.05) is 30.9 Å². The Balaban J connectivity index is 1.63. The van der Waals surface area contributed by atoms with Crippen LogP contribution in [0.3, 0.4) is 0 Å². The third kappa shape index (κ3) is 5.45. The summed E-state index contributed by atoms with van der Waals surface area (Å²) in [6.45, 7) is 1.36. The Morgan fingerprint density at radius 3 is 2.15 bits per heavy atom. The van der Waals surface area contributed by atoms with Gasteiger partial charge < -0.3 is 10.2 Å². The molecular formula is C23H21N3O. The first-order chi connectivity index (χ1) is 13.2. The number of rotatable bonds is 7. The second kappa shape index (κ2) is 9.21. The van der Waals surface area contributed by atoms with Gasteiger partial charge in [-0.05, 0) is 42.0 Å². The van der Waals surface area contributed by atoms with E-state index in [1.807, 2.05) is 36.4 Å². The number of amides is 1. The van der Waals surface area contributed by atoms with Crippen LogP contribution in [0.4, 0.5) is 11.4 Å². The molecule has 0 aromatic heterocycles. The van der Waals surface area contributed by atoms with Gasteiger partial charge in [-0.1, -0.05) is 48.5 Å². The van der Waals surface area contributed by atoms with Gasteiger partial charge >= 0.3 is 0 Å². The largest absolute Gasteiger partial charge is 0.367 e. The molecule has 3 aromatic rings. The van der Waals surface area contributed by atoms with Crippen molar-refractivity contribution in [2.45, 2.75) is 13.0 Å². The van der Waals surface area contributed by atoms with Crippen molar-refractivity contribution in [2.75, 3.05) is 16.8 Å². The van der Waals surface area contributed by atoms with Gasteiger partial charge in [0.25, 0.3) is 0 Å². The summed E-state index contributed by atoms with van der Waals surface area (Å²) < 4.78 is 0. The van der Waals surface area contributed by atoms with E-state index < -0.39 is 0 Å². The van der Waals surface area contributed by atoms with Crippen LogP contribution in [0.2, 0.25) is 0 Å². The van der Waals surface area contributed by atoms with Gasteiger partial charge in [-0.2, -0.15) is 5.26 Å². The van der Waals surface area contributed by atoms with E-state index in [2.05, 4.69) is 40.6 Å². The Bertz CT molecular complexity index is 900. The summed E-state index contributed by atoms with van der Waals surface area (Å²) in [5.74, 6) is -0.0475. The number of nitriles is 1. The van der Waals surface area contributed by atoms with Gasteiger partial charge in [-0.25, -0.2) is 0 Å². The molecule has 0 atom stereocenters. The lowest BCUT2D eigenvalue weighted by molar-refractivity contribution is -0.116. The van der Waals surface area contributed by atoms with Crippen molar-refractivity contribution >= 4 is 17.3 Å². The number of hydrogen-bond donors (Lipinski definition) is 1. The molecule has 0 spiro atoms. The van der Waals surface area contributed by atoms with E-state index in [0.717, 1.165) is 12.2 Å². The summed E-state index contributed by atoms with van der Waals surface area (Å²) in [5, 5.41) is 11.7. The molecule has 0 radical (unpaired) electrons. The molecule has 0 fully saturated rings. The number of para-hydroxylation sites is 1. The molecule has 0 aliphatic heterocycles. The van der Waals surface area contributed by atoms with Gasteiger partial charge in [-0.15, -0.1) is 0 Å². The molecule has 0 saturated carbocycles. The molecule has 0 aliphatic rings. The maximum Gasteiger partial charge on any atom is 0.226 e. The molecule has 0 bridgehead atoms. The van der Waals surface area contributed by atoms with E-state index >= 15 is 0 Å². The fourth-order valence-corrected chi connectivity index (χ4v) is 2.83. The van der Waals surface area contributed by atoms with E-state index in [9.17, 15) is 4.79 Å². The monoisotopic (exact) mass is 355 g/mol. The van der Waals surface area contributed by atoms with Crippen molar-refractivity contribution in [1.29, 1.82) is 5.26 Å². The van der Waals surface area contributed by atoms with Crippen molar-refractivity contribution in [3.63, 3.8) is 0 Å². The van der Waals surface area contributed by atoms with Crippen LogP contribution in [0, 0.1) is 11.3 Å². The van der Waals surface area contributed by atoms with Crippen molar-refractivity contribution < 1.29 is 4.79 Å². The number of nitrogens with one attached hydrogen (secondary N) is 1. The second-order valence-electron chi connectivity index (χ2n) is 6.23. The number of anilines is 2. The fourth-order valence-electron chi connectivity index (χ4n) is 2.83. The van der Waals surface area contributed by atoms with Gasteiger partial charge in [-0.3, -0.25) is 4.79 Å². The average molecular weight is 355 g/mol. The van der Waals surface area contributed by atoms with Crippen LogP contribution >= 0.6 is 0 Å². The van der Waals surface area contributed by atoms with Gasteiger partial charge in [0.2, 0.25) is 5.91 Å². The number of carbonyl (C=O) groups excluding carboxylic acids is 1. The van der Waals surface area contributed by atoms with Crippen LogP contribution in [-0.2, 0) is 11.3 Å². The summed E-state index contributed by atoms with van der Waals surface area (Å²) in [7, 11) is 0. The zero-order valence-electron chi connectivity index (χ0n) is 15.0. The minimum absolute atomic E-state index is 0.0475. The molecule has 4 heteroatoms. The second-order valence-corrected chi connectivity index (χ2v) is 6.23. The third-order valence-electron chi connectivity index (χ3n) is 4.24. The quantitative estimate of drug-likeness (QED) is 0.674. The molecule has 3 aromatic carbocycles. The Labute approximate surface area is 159 Å². The third-order valence-corrected chi connectivity index (χ3v) is 4.24. The van der Waals surface area contributed by atoms with Crippen molar-refractivity contribution in [2.24, 2.45) is 0 Å². The van der Waals surface area contributed by atoms with Crippen molar-refractivity contribution in [3.8, 4) is 6.07 Å². The first kappa shape index (κ1) is 18.2. The van der Waals surface area contributed by atoms with E-state index in [1.54, 1.807) is 24.3 Å². The summed E-state index contributed by atoms with van der Waals surface area (Å²) in [6, 6.07) is 29.3. The molecule has 0 heterocycles. The summed E-state index contributed by atoms with van der Waals surface area (Å²) in [6.07, 6.45) is 0.377. The van der Waals surface area contributed by atoms with Crippen molar-refractivity contribution in [3.05, 3.63) is 96.1 Å². The van der Waals surface area contributed by atoms with Crippen LogP contribution in [0.25, 0.3) is 0 Å². The summed E-state index contributed by atoms with van der Waals surface area (Å²) >= 11 is 0. The maximum atomic E-state index is 12.4. The zero-order valence-corrected chi connectivity index (χ0v) is 15.0. The van der Waals surface area contributed by atoms with Crippen LogP contribution in [0.5, 0.6) is 0 Å². The summed E-state index contributed by atoms with van der Waals surface area (Å²) in [5.41, 5.74) is 3.57. The number of carbonyl (C=O) groups is 1. The molecule has 4 nitrogen and oxygen atoms in total. The topological polar surface area (TPSA) is 56.1 Å². The van der Waals surface area contributed by atoms with E-state index in [4.69, 9.17) is 5.26 Å². The van der Waals surface area contributed by atoms with Gasteiger partial charge in [0.15, 0.2) is 0 Å². The van der Waals surface area contributed by atoms with Crippen LogP contribution in [-0.4, -0.2) is 12.5 Å². The molecular weight excluding hydrogens is 334 g/mol. The highest BCUT2D eigenvalue weighted by Gasteiger charge is 2.10. The predicted octanol–water partition coefficient (Wildman–Crippen LogP) is 4.59. The minimum Gasteiger partial charge on any atom is -0.367 e. The standard InChI is InChI=1S/C23H21N3O/c24-17-19-11-13-21(14-12-19)25-23(27)15-16-26(22-9-5-2-6-10-22)18-20-7-3-1-4-8-20/h1-14H,15-16,18H2,(H,25,27). The SMILES string of the molecule is N#Cc1ccc(NC(=O)CCN(Cc2ccccc2)c2ccccc2)cc1. The average Bonchev–Trinajstić information content (AvgIpc) is 2.73. The molecule has 27 heavy (non-hydrogen) atoms. The van der Waals surface area contributed by atoms with Crippen LogP contribution in [0.15, 0.2) is 84.9 Å². The highest BCUT2D eigenvalue weighted by Crippen LogP contribution is 2.17. The number of benzene rings is 3. The lowest BCUT2D eigenvalue weighted by Crippen LogP contribution is -2.27. The fraction of sp³-hybridized carbons (Fsp3) is 0.130. The first-order valence-corrected chi connectivity index (χ1v) is 8.88. The van der Waals surface area contributed by atoms with E-state index in [-0.39, 0.29) is 5.91 Å². The lowest BCUT2D eigenvalue weighted by atomic mass is 10.2. The van der Waals surface area contributed by atoms with Crippen LogP contribution in [0.1, 0.15) is 17.5 Å². The summed E-state index contributed by atoms with van der Waals surface area (Å²) in [4.78, 5) is 14.6.